The highest BCUT2D eigenvalue weighted by molar-refractivity contribution is 7.87. The number of nitrogens with zero attached hydrogens (tertiary/aromatic N) is 1. The standard InChI is InChI=1S/C8H15F3N2O4S/c1-6(2)3-13(4-7(14)15)18(16,17)12-5-8(9,10)11/h6,12H,3-5H2,1-2H3,(H,14,15). The summed E-state index contributed by atoms with van der Waals surface area (Å²) in [5, 5.41) is 8.53. The Bertz CT molecular complexity index is 380. The van der Waals surface area contributed by atoms with Gasteiger partial charge < -0.3 is 5.11 Å². The molecule has 0 spiro atoms. The summed E-state index contributed by atoms with van der Waals surface area (Å²) < 4.78 is 60.5. The molecular weight excluding hydrogens is 277 g/mol. The molecule has 0 saturated carbocycles. The lowest BCUT2D eigenvalue weighted by Gasteiger charge is -2.22. The van der Waals surface area contributed by atoms with E-state index in [-0.39, 0.29) is 12.5 Å². The molecule has 0 atom stereocenters. The summed E-state index contributed by atoms with van der Waals surface area (Å²) in [4.78, 5) is 10.5. The fourth-order valence-corrected chi connectivity index (χ4v) is 2.37. The van der Waals surface area contributed by atoms with Crippen molar-refractivity contribution in [1.82, 2.24) is 9.03 Å². The van der Waals surface area contributed by atoms with E-state index in [9.17, 15) is 26.4 Å². The third-order valence-electron chi connectivity index (χ3n) is 1.68. The molecule has 108 valence electrons. The van der Waals surface area contributed by atoms with Crippen molar-refractivity contribution in [3.8, 4) is 0 Å². The predicted molar refractivity (Wildman–Crippen MR) is 57.0 cm³/mol. The lowest BCUT2D eigenvalue weighted by Crippen LogP contribution is -2.47. The van der Waals surface area contributed by atoms with Gasteiger partial charge in [-0.25, -0.2) is 0 Å². The normalized spacial score (nSPS) is 13.3. The van der Waals surface area contributed by atoms with Crippen LogP contribution in [0.3, 0.4) is 0 Å². The molecule has 0 amide bonds. The Balaban J connectivity index is 4.80. The number of aliphatic carboxylic acids is 1. The predicted octanol–water partition coefficient (Wildman–Crippen LogP) is 0.426. The summed E-state index contributed by atoms with van der Waals surface area (Å²) in [6.45, 7) is 0.441. The Morgan fingerprint density at radius 2 is 1.89 bits per heavy atom. The first-order valence-electron chi connectivity index (χ1n) is 4.97. The van der Waals surface area contributed by atoms with Crippen molar-refractivity contribution in [3.63, 3.8) is 0 Å². The summed E-state index contributed by atoms with van der Waals surface area (Å²) in [5.41, 5.74) is 0. The van der Waals surface area contributed by atoms with Crippen molar-refractivity contribution < 1.29 is 31.5 Å². The van der Waals surface area contributed by atoms with E-state index in [1.807, 2.05) is 0 Å². The number of hydrogen-bond donors (Lipinski definition) is 2. The molecule has 0 aromatic rings. The number of nitrogens with one attached hydrogen (secondary N) is 1. The topological polar surface area (TPSA) is 86.7 Å². The Morgan fingerprint density at radius 1 is 1.39 bits per heavy atom. The zero-order valence-corrected chi connectivity index (χ0v) is 10.7. The van der Waals surface area contributed by atoms with Crippen LogP contribution in [-0.4, -0.2) is 49.6 Å². The van der Waals surface area contributed by atoms with Gasteiger partial charge >= 0.3 is 12.1 Å². The summed E-state index contributed by atoms with van der Waals surface area (Å²) in [5.74, 6) is -1.65. The molecule has 0 aliphatic carbocycles. The van der Waals surface area contributed by atoms with Gasteiger partial charge in [-0.1, -0.05) is 13.8 Å². The monoisotopic (exact) mass is 292 g/mol. The van der Waals surface area contributed by atoms with E-state index in [1.54, 1.807) is 13.8 Å². The van der Waals surface area contributed by atoms with Crippen molar-refractivity contribution in [3.05, 3.63) is 0 Å². The second-order valence-corrected chi connectivity index (χ2v) is 5.78. The molecule has 0 bridgehead atoms. The number of hydrogen-bond acceptors (Lipinski definition) is 3. The number of carboxylic acid groups (broad SMARTS) is 1. The molecular formula is C8H15F3N2O4S. The molecule has 0 aromatic heterocycles. The van der Waals surface area contributed by atoms with E-state index in [1.165, 1.54) is 4.72 Å². The molecule has 2 N–H and O–H groups in total. The molecule has 0 radical (unpaired) electrons. The van der Waals surface area contributed by atoms with Crippen LogP contribution in [0.5, 0.6) is 0 Å². The maximum Gasteiger partial charge on any atom is 0.402 e. The van der Waals surface area contributed by atoms with Gasteiger partial charge in [0.2, 0.25) is 0 Å². The van der Waals surface area contributed by atoms with Crippen LogP contribution < -0.4 is 4.72 Å². The van der Waals surface area contributed by atoms with Crippen LogP contribution in [0, 0.1) is 5.92 Å². The summed E-state index contributed by atoms with van der Waals surface area (Å²) in [7, 11) is -4.46. The first kappa shape index (κ1) is 17.1. The van der Waals surface area contributed by atoms with Gasteiger partial charge in [-0.2, -0.15) is 30.6 Å². The van der Waals surface area contributed by atoms with E-state index in [0.29, 0.717) is 4.31 Å². The van der Waals surface area contributed by atoms with Gasteiger partial charge in [0.1, 0.15) is 13.1 Å². The highest BCUT2D eigenvalue weighted by Gasteiger charge is 2.32. The maximum atomic E-state index is 11.9. The molecule has 0 rings (SSSR count). The van der Waals surface area contributed by atoms with Gasteiger partial charge in [-0.15, -0.1) is 0 Å². The van der Waals surface area contributed by atoms with Crippen molar-refractivity contribution >= 4 is 16.2 Å². The molecule has 0 fully saturated rings. The van der Waals surface area contributed by atoms with Crippen molar-refractivity contribution in [2.75, 3.05) is 19.6 Å². The van der Waals surface area contributed by atoms with Gasteiger partial charge in [-0.05, 0) is 5.92 Å². The minimum Gasteiger partial charge on any atom is -0.480 e. The lowest BCUT2D eigenvalue weighted by atomic mass is 10.2. The number of rotatable bonds is 7. The van der Waals surface area contributed by atoms with E-state index in [4.69, 9.17) is 5.11 Å². The minimum atomic E-state index is -4.69. The van der Waals surface area contributed by atoms with E-state index >= 15 is 0 Å². The number of carboxylic acids is 1. The smallest absolute Gasteiger partial charge is 0.402 e. The van der Waals surface area contributed by atoms with Crippen LogP contribution in [0.2, 0.25) is 0 Å². The highest BCUT2D eigenvalue weighted by atomic mass is 32.2. The first-order chi connectivity index (χ1) is 7.94. The largest absolute Gasteiger partial charge is 0.480 e. The highest BCUT2D eigenvalue weighted by Crippen LogP contribution is 2.13. The molecule has 0 aromatic carbocycles. The molecule has 18 heavy (non-hydrogen) atoms. The third kappa shape index (κ3) is 7.45. The Morgan fingerprint density at radius 3 is 2.22 bits per heavy atom. The zero-order valence-electron chi connectivity index (χ0n) is 9.86. The molecule has 0 saturated heterocycles. The van der Waals surface area contributed by atoms with Gasteiger partial charge in [0.05, 0.1) is 0 Å². The molecule has 0 unspecified atom stereocenters. The van der Waals surface area contributed by atoms with Gasteiger partial charge in [0.15, 0.2) is 0 Å². The second kappa shape index (κ2) is 6.34. The molecule has 0 heterocycles. The quantitative estimate of drug-likeness (QED) is 0.712. The number of carbonyl (C=O) groups is 1. The SMILES string of the molecule is CC(C)CN(CC(=O)O)S(=O)(=O)NCC(F)(F)F. The minimum absolute atomic E-state index is 0.181. The fraction of sp³-hybridized carbons (Fsp3) is 0.875. The molecule has 0 aliphatic rings. The number of alkyl halides is 3. The zero-order chi connectivity index (χ0) is 14.6. The summed E-state index contributed by atoms with van der Waals surface area (Å²) in [6.07, 6.45) is -4.69. The van der Waals surface area contributed by atoms with E-state index < -0.39 is 35.4 Å². The lowest BCUT2D eigenvalue weighted by molar-refractivity contribution is -0.137. The van der Waals surface area contributed by atoms with Crippen LogP contribution in [0.25, 0.3) is 0 Å². The first-order valence-corrected chi connectivity index (χ1v) is 6.41. The Hall–Kier alpha value is -0.870. The Labute approximate surface area is 103 Å². The van der Waals surface area contributed by atoms with Crippen LogP contribution in [-0.2, 0) is 15.0 Å². The average Bonchev–Trinajstić information content (AvgIpc) is 2.11. The van der Waals surface area contributed by atoms with Crippen LogP contribution in [0.1, 0.15) is 13.8 Å². The van der Waals surface area contributed by atoms with Gasteiger partial charge in [-0.3, -0.25) is 4.79 Å². The Kier molecular flexibility index (Phi) is 6.04. The van der Waals surface area contributed by atoms with E-state index in [2.05, 4.69) is 0 Å². The summed E-state index contributed by atoms with van der Waals surface area (Å²) in [6, 6.07) is 0. The third-order valence-corrected chi connectivity index (χ3v) is 3.14. The molecule has 10 heteroatoms. The van der Waals surface area contributed by atoms with E-state index in [0.717, 1.165) is 0 Å². The van der Waals surface area contributed by atoms with Gasteiger partial charge in [0, 0.05) is 6.54 Å². The van der Waals surface area contributed by atoms with Crippen LogP contribution in [0.4, 0.5) is 13.2 Å². The van der Waals surface area contributed by atoms with Gasteiger partial charge in [0.25, 0.3) is 10.2 Å². The van der Waals surface area contributed by atoms with Crippen molar-refractivity contribution in [2.24, 2.45) is 5.92 Å². The fourth-order valence-electron chi connectivity index (χ4n) is 1.07. The summed E-state index contributed by atoms with van der Waals surface area (Å²) >= 11 is 0. The number of halogens is 3. The molecule has 0 aliphatic heterocycles. The van der Waals surface area contributed by atoms with Crippen molar-refractivity contribution in [1.29, 1.82) is 0 Å². The van der Waals surface area contributed by atoms with Crippen LogP contribution >= 0.6 is 0 Å². The van der Waals surface area contributed by atoms with Crippen molar-refractivity contribution in [2.45, 2.75) is 20.0 Å². The average molecular weight is 292 g/mol. The van der Waals surface area contributed by atoms with Crippen LogP contribution in [0.15, 0.2) is 0 Å². The molecule has 6 nitrogen and oxygen atoms in total. The second-order valence-electron chi connectivity index (χ2n) is 4.02. The maximum absolute atomic E-state index is 11.9.